The Bertz CT molecular complexity index is 1410. The molecule has 1 aliphatic rings. The van der Waals surface area contributed by atoms with Crippen molar-refractivity contribution in [2.75, 3.05) is 13.1 Å². The van der Waals surface area contributed by atoms with E-state index in [9.17, 15) is 14.4 Å². The van der Waals surface area contributed by atoms with Gasteiger partial charge in [-0.2, -0.15) is 0 Å². The zero-order valence-corrected chi connectivity index (χ0v) is 17.1. The molecule has 0 radical (unpaired) electrons. The van der Waals surface area contributed by atoms with E-state index in [4.69, 9.17) is 0 Å². The maximum atomic E-state index is 13.1. The SMILES string of the molecule is CCn1c(=O)[nH]c2cc(C(=O)N3CCC(c4nnc5ccccn45)CC3)ccc2c1=O. The average molecular weight is 418 g/mol. The molecule has 1 aromatic carbocycles. The molecule has 1 saturated heterocycles. The molecule has 3 aromatic heterocycles. The van der Waals surface area contributed by atoms with Gasteiger partial charge in [-0.15, -0.1) is 10.2 Å². The molecule has 0 aliphatic carbocycles. The predicted molar refractivity (Wildman–Crippen MR) is 115 cm³/mol. The minimum atomic E-state index is -0.467. The largest absolute Gasteiger partial charge is 0.339 e. The number of H-pyrrole nitrogens is 1. The molecular formula is C22H22N6O3. The van der Waals surface area contributed by atoms with Crippen molar-refractivity contribution in [3.63, 3.8) is 0 Å². The van der Waals surface area contributed by atoms with E-state index < -0.39 is 5.69 Å². The predicted octanol–water partition coefficient (Wildman–Crippen LogP) is 1.77. The molecule has 0 unspecified atom stereocenters. The second-order valence-corrected chi connectivity index (χ2v) is 7.79. The van der Waals surface area contributed by atoms with Crippen LogP contribution in [-0.4, -0.2) is 48.0 Å². The lowest BCUT2D eigenvalue weighted by Crippen LogP contribution is -2.38. The van der Waals surface area contributed by atoms with Crippen LogP contribution in [0.5, 0.6) is 0 Å². The molecule has 9 heteroatoms. The molecule has 0 atom stereocenters. The number of carbonyl (C=O) groups is 1. The number of hydrogen-bond donors (Lipinski definition) is 1. The van der Waals surface area contributed by atoms with Crippen LogP contribution in [0.1, 0.15) is 41.9 Å². The smallest absolute Gasteiger partial charge is 0.328 e. The van der Waals surface area contributed by atoms with Crippen LogP contribution >= 0.6 is 0 Å². The number of likely N-dealkylation sites (tertiary alicyclic amines) is 1. The van der Waals surface area contributed by atoms with Crippen LogP contribution in [-0.2, 0) is 6.54 Å². The fourth-order valence-electron chi connectivity index (χ4n) is 4.34. The highest BCUT2D eigenvalue weighted by Gasteiger charge is 2.27. The fraction of sp³-hybridized carbons (Fsp3) is 0.318. The molecule has 158 valence electrons. The molecule has 1 N–H and O–H groups in total. The molecule has 1 amide bonds. The Morgan fingerprint density at radius 3 is 2.71 bits per heavy atom. The fourth-order valence-corrected chi connectivity index (χ4v) is 4.34. The van der Waals surface area contributed by atoms with Crippen molar-refractivity contribution < 1.29 is 4.79 Å². The number of carbonyl (C=O) groups excluding carboxylic acids is 1. The summed E-state index contributed by atoms with van der Waals surface area (Å²) in [7, 11) is 0. The van der Waals surface area contributed by atoms with Gasteiger partial charge in [-0.05, 0) is 50.1 Å². The van der Waals surface area contributed by atoms with E-state index in [1.807, 2.05) is 33.7 Å². The van der Waals surface area contributed by atoms with Crippen LogP contribution in [0.15, 0.2) is 52.2 Å². The highest BCUT2D eigenvalue weighted by molar-refractivity contribution is 5.97. The lowest BCUT2D eigenvalue weighted by molar-refractivity contribution is 0.0711. The number of nitrogens with one attached hydrogen (secondary N) is 1. The van der Waals surface area contributed by atoms with E-state index in [1.165, 1.54) is 0 Å². The zero-order valence-electron chi connectivity index (χ0n) is 17.1. The first kappa shape index (κ1) is 19.2. The van der Waals surface area contributed by atoms with Gasteiger partial charge >= 0.3 is 5.69 Å². The topological polar surface area (TPSA) is 105 Å². The monoisotopic (exact) mass is 418 g/mol. The van der Waals surface area contributed by atoms with E-state index in [1.54, 1.807) is 25.1 Å². The van der Waals surface area contributed by atoms with Crippen LogP contribution in [0.25, 0.3) is 16.6 Å². The van der Waals surface area contributed by atoms with Crippen LogP contribution in [0, 0.1) is 0 Å². The molecule has 4 heterocycles. The van der Waals surface area contributed by atoms with E-state index in [0.29, 0.717) is 36.1 Å². The maximum Gasteiger partial charge on any atom is 0.328 e. The average Bonchev–Trinajstić information content (AvgIpc) is 3.23. The maximum absolute atomic E-state index is 13.1. The molecule has 1 aliphatic heterocycles. The normalized spacial score (nSPS) is 15.1. The second kappa shape index (κ2) is 7.50. The zero-order chi connectivity index (χ0) is 21.5. The Morgan fingerprint density at radius 1 is 1.13 bits per heavy atom. The minimum Gasteiger partial charge on any atom is -0.339 e. The summed E-state index contributed by atoms with van der Waals surface area (Å²) in [6, 6.07) is 10.7. The number of pyridine rings is 1. The van der Waals surface area contributed by atoms with E-state index in [-0.39, 0.29) is 17.4 Å². The van der Waals surface area contributed by atoms with Crippen LogP contribution < -0.4 is 11.2 Å². The number of aromatic amines is 1. The van der Waals surface area contributed by atoms with Crippen molar-refractivity contribution in [2.24, 2.45) is 0 Å². The molecule has 5 rings (SSSR count). The number of piperidine rings is 1. The molecule has 0 bridgehead atoms. The lowest BCUT2D eigenvalue weighted by atomic mass is 9.95. The lowest BCUT2D eigenvalue weighted by Gasteiger charge is -2.31. The number of rotatable bonds is 3. The summed E-state index contributed by atoms with van der Waals surface area (Å²) < 4.78 is 3.15. The number of fused-ring (bicyclic) bond motifs is 2. The van der Waals surface area contributed by atoms with Gasteiger partial charge in [0.05, 0.1) is 10.9 Å². The van der Waals surface area contributed by atoms with Gasteiger partial charge in [0.25, 0.3) is 11.5 Å². The van der Waals surface area contributed by atoms with E-state index in [2.05, 4.69) is 15.2 Å². The molecule has 0 spiro atoms. The summed E-state index contributed by atoms with van der Waals surface area (Å²) in [5, 5.41) is 8.98. The number of amides is 1. The first-order chi connectivity index (χ1) is 15.1. The standard InChI is InChI=1S/C22H22N6O3/c1-2-27-21(30)16-7-6-15(13-17(16)23-22(27)31)20(29)26-11-8-14(9-12-26)19-25-24-18-5-3-4-10-28(18)19/h3-7,10,13-14H,2,8-9,11-12H2,1H3,(H,23,31). The minimum absolute atomic E-state index is 0.105. The van der Waals surface area contributed by atoms with Crippen molar-refractivity contribution in [3.8, 4) is 0 Å². The van der Waals surface area contributed by atoms with Gasteiger partial charge in [0.1, 0.15) is 5.82 Å². The summed E-state index contributed by atoms with van der Waals surface area (Å²) in [6.07, 6.45) is 3.56. The first-order valence-electron chi connectivity index (χ1n) is 10.4. The molecule has 1 fully saturated rings. The third kappa shape index (κ3) is 3.22. The molecular weight excluding hydrogens is 396 g/mol. The number of aromatic nitrogens is 5. The highest BCUT2D eigenvalue weighted by atomic mass is 16.2. The van der Waals surface area contributed by atoms with E-state index in [0.717, 1.165) is 28.9 Å². The van der Waals surface area contributed by atoms with Crippen molar-refractivity contribution in [3.05, 3.63) is 74.8 Å². The van der Waals surface area contributed by atoms with Gasteiger partial charge in [-0.1, -0.05) is 6.07 Å². The summed E-state index contributed by atoms with van der Waals surface area (Å²) in [5.41, 5.74) is 0.856. The number of nitrogens with zero attached hydrogens (tertiary/aromatic N) is 5. The van der Waals surface area contributed by atoms with Crippen LogP contribution in [0.4, 0.5) is 0 Å². The quantitative estimate of drug-likeness (QED) is 0.546. The summed E-state index contributed by atoms with van der Waals surface area (Å²) in [4.78, 5) is 42.1. The van der Waals surface area contributed by atoms with Gasteiger partial charge in [0, 0.05) is 37.3 Å². The third-order valence-electron chi connectivity index (χ3n) is 6.03. The van der Waals surface area contributed by atoms with Gasteiger partial charge in [-0.25, -0.2) is 4.79 Å². The Kier molecular flexibility index (Phi) is 4.65. The van der Waals surface area contributed by atoms with Gasteiger partial charge in [0.15, 0.2) is 5.65 Å². The molecule has 9 nitrogen and oxygen atoms in total. The third-order valence-corrected chi connectivity index (χ3v) is 6.03. The Hall–Kier alpha value is -3.75. The van der Waals surface area contributed by atoms with Crippen molar-refractivity contribution in [1.29, 1.82) is 0 Å². The van der Waals surface area contributed by atoms with E-state index >= 15 is 0 Å². The van der Waals surface area contributed by atoms with Crippen LogP contribution in [0.2, 0.25) is 0 Å². The Morgan fingerprint density at radius 2 is 1.94 bits per heavy atom. The number of hydrogen-bond acceptors (Lipinski definition) is 5. The van der Waals surface area contributed by atoms with Crippen LogP contribution in [0.3, 0.4) is 0 Å². The highest BCUT2D eigenvalue weighted by Crippen LogP contribution is 2.28. The van der Waals surface area contributed by atoms with Gasteiger partial charge < -0.3 is 9.88 Å². The Balaban J connectivity index is 1.36. The van der Waals surface area contributed by atoms with Crippen molar-refractivity contribution in [2.45, 2.75) is 32.2 Å². The van der Waals surface area contributed by atoms with Gasteiger partial charge in [0.2, 0.25) is 0 Å². The van der Waals surface area contributed by atoms with Gasteiger partial charge in [-0.3, -0.25) is 18.6 Å². The van der Waals surface area contributed by atoms with Crippen molar-refractivity contribution in [1.82, 2.24) is 29.0 Å². The summed E-state index contributed by atoms with van der Waals surface area (Å²) in [6.45, 7) is 3.25. The molecule has 31 heavy (non-hydrogen) atoms. The molecule has 0 saturated carbocycles. The first-order valence-corrected chi connectivity index (χ1v) is 10.4. The van der Waals surface area contributed by atoms with Crippen molar-refractivity contribution >= 4 is 22.5 Å². The second-order valence-electron chi connectivity index (χ2n) is 7.79. The number of benzene rings is 1. The summed E-state index contributed by atoms with van der Waals surface area (Å²) in [5.74, 6) is 1.06. The summed E-state index contributed by atoms with van der Waals surface area (Å²) >= 11 is 0. The molecule has 4 aromatic rings. The Labute approximate surface area is 177 Å².